The van der Waals surface area contributed by atoms with Gasteiger partial charge in [0.1, 0.15) is 6.17 Å². The average molecular weight is 496 g/mol. The molecule has 1 aromatic heterocycles. The van der Waals surface area contributed by atoms with Crippen LogP contribution in [0.3, 0.4) is 0 Å². The summed E-state index contributed by atoms with van der Waals surface area (Å²) in [6, 6.07) is 25.6. The number of sulfonamides is 1. The van der Waals surface area contributed by atoms with Crippen molar-refractivity contribution in [3.8, 4) is 0 Å². The quantitative estimate of drug-likeness (QED) is 0.365. The Balaban J connectivity index is 1.40. The molecule has 0 radical (unpaired) electrons. The number of amides is 1. The maximum Gasteiger partial charge on any atom is 0.245 e. The monoisotopic (exact) mass is 495 g/mol. The highest BCUT2D eigenvalue weighted by atomic mass is 32.2. The van der Waals surface area contributed by atoms with Crippen molar-refractivity contribution in [3.05, 3.63) is 90.5 Å². The number of carbonyl (C=O) groups excluding carboxylic acids is 1. The average Bonchev–Trinajstić information content (AvgIpc) is 3.48. The standard InChI is InChI=1S/C24H21N3O3S3/c28-22(17-31-24-25-20-13-7-8-14-21(20)32-24)26-15-16-27(23(26)18-9-3-1-4-10-18)33(29,30)19-11-5-2-6-12-19/h1-14,23H,15-17H2. The molecule has 6 nitrogen and oxygen atoms in total. The van der Waals surface area contributed by atoms with E-state index in [2.05, 4.69) is 4.98 Å². The zero-order valence-corrected chi connectivity index (χ0v) is 20.0. The number of rotatable bonds is 6. The number of benzene rings is 3. The minimum absolute atomic E-state index is 0.112. The van der Waals surface area contributed by atoms with Crippen molar-refractivity contribution in [1.82, 2.24) is 14.2 Å². The van der Waals surface area contributed by atoms with Gasteiger partial charge in [0, 0.05) is 13.1 Å². The molecule has 0 spiro atoms. The molecule has 1 atom stereocenters. The smallest absolute Gasteiger partial charge is 0.245 e. The first-order valence-corrected chi connectivity index (χ1v) is 13.7. The van der Waals surface area contributed by atoms with Crippen molar-refractivity contribution >= 4 is 49.2 Å². The number of thioether (sulfide) groups is 1. The molecule has 1 fully saturated rings. The largest absolute Gasteiger partial charge is 0.320 e. The van der Waals surface area contributed by atoms with Crippen molar-refractivity contribution in [2.24, 2.45) is 0 Å². The summed E-state index contributed by atoms with van der Waals surface area (Å²) < 4.78 is 30.2. The number of carbonyl (C=O) groups is 1. The van der Waals surface area contributed by atoms with Crippen molar-refractivity contribution in [3.63, 3.8) is 0 Å². The second kappa shape index (κ2) is 9.26. The fourth-order valence-electron chi connectivity index (χ4n) is 3.94. The Morgan fingerprint density at radius 3 is 2.33 bits per heavy atom. The minimum Gasteiger partial charge on any atom is -0.320 e. The van der Waals surface area contributed by atoms with Crippen molar-refractivity contribution in [1.29, 1.82) is 0 Å². The first-order chi connectivity index (χ1) is 16.0. The van der Waals surface area contributed by atoms with Crippen LogP contribution < -0.4 is 0 Å². The lowest BCUT2D eigenvalue weighted by molar-refractivity contribution is -0.130. The number of hydrogen-bond acceptors (Lipinski definition) is 6. The van der Waals surface area contributed by atoms with E-state index in [4.69, 9.17) is 0 Å². The molecule has 0 saturated carbocycles. The summed E-state index contributed by atoms with van der Waals surface area (Å²) in [6.45, 7) is 0.583. The number of fused-ring (bicyclic) bond motifs is 1. The van der Waals surface area contributed by atoms with Gasteiger partial charge in [-0.05, 0) is 29.8 Å². The van der Waals surface area contributed by atoms with Gasteiger partial charge in [-0.25, -0.2) is 13.4 Å². The summed E-state index contributed by atoms with van der Waals surface area (Å²) >= 11 is 2.95. The van der Waals surface area contributed by atoms with Gasteiger partial charge < -0.3 is 4.90 Å². The van der Waals surface area contributed by atoms with Gasteiger partial charge in [-0.3, -0.25) is 4.79 Å². The minimum atomic E-state index is -3.76. The Morgan fingerprint density at radius 1 is 0.939 bits per heavy atom. The van der Waals surface area contributed by atoms with Gasteiger partial charge in [0.25, 0.3) is 0 Å². The second-order valence-electron chi connectivity index (χ2n) is 7.54. The lowest BCUT2D eigenvalue weighted by Crippen LogP contribution is -2.38. The molecule has 4 aromatic rings. The third kappa shape index (κ3) is 4.41. The van der Waals surface area contributed by atoms with Crippen LogP contribution in [-0.4, -0.2) is 47.4 Å². The van der Waals surface area contributed by atoms with Crippen LogP contribution in [0.2, 0.25) is 0 Å². The first kappa shape index (κ1) is 22.1. The molecule has 33 heavy (non-hydrogen) atoms. The van der Waals surface area contributed by atoms with Gasteiger partial charge in [0.2, 0.25) is 15.9 Å². The normalized spacial score (nSPS) is 17.0. The molecule has 1 amide bonds. The van der Waals surface area contributed by atoms with E-state index in [1.165, 1.54) is 16.1 Å². The summed E-state index contributed by atoms with van der Waals surface area (Å²) in [5.74, 6) is 0.0846. The predicted octanol–water partition coefficient (Wildman–Crippen LogP) is 4.62. The van der Waals surface area contributed by atoms with E-state index in [9.17, 15) is 13.2 Å². The Kier molecular flexibility index (Phi) is 6.20. The van der Waals surface area contributed by atoms with E-state index in [0.717, 1.165) is 20.1 Å². The number of para-hydroxylation sites is 1. The van der Waals surface area contributed by atoms with Crippen molar-refractivity contribution < 1.29 is 13.2 Å². The molecule has 1 unspecified atom stereocenters. The summed E-state index contributed by atoms with van der Waals surface area (Å²) in [4.78, 5) is 19.8. The third-order valence-electron chi connectivity index (χ3n) is 5.49. The molecular formula is C24H21N3O3S3. The molecule has 1 saturated heterocycles. The molecule has 0 aliphatic carbocycles. The Morgan fingerprint density at radius 2 is 1.61 bits per heavy atom. The first-order valence-electron chi connectivity index (χ1n) is 10.4. The molecule has 5 rings (SSSR count). The summed E-state index contributed by atoms with van der Waals surface area (Å²) in [6.07, 6.45) is -0.681. The predicted molar refractivity (Wildman–Crippen MR) is 132 cm³/mol. The van der Waals surface area contributed by atoms with Crippen LogP contribution in [0.15, 0.2) is 94.2 Å². The van der Waals surface area contributed by atoms with E-state index in [1.54, 1.807) is 46.6 Å². The summed E-state index contributed by atoms with van der Waals surface area (Å²) in [7, 11) is -3.76. The van der Waals surface area contributed by atoms with Crippen LogP contribution in [0.25, 0.3) is 10.2 Å². The lowest BCUT2D eigenvalue weighted by atomic mass is 10.1. The van der Waals surface area contributed by atoms with Gasteiger partial charge in [-0.15, -0.1) is 11.3 Å². The van der Waals surface area contributed by atoms with E-state index >= 15 is 0 Å². The van der Waals surface area contributed by atoms with E-state index in [-0.39, 0.29) is 23.1 Å². The Hall–Kier alpha value is -2.72. The highest BCUT2D eigenvalue weighted by Gasteiger charge is 2.43. The maximum atomic E-state index is 13.4. The molecule has 0 bridgehead atoms. The molecule has 1 aliphatic rings. The SMILES string of the molecule is O=C(CSc1nc2ccccc2s1)N1CCN(S(=O)(=O)c2ccccc2)C1c1ccccc1. The van der Waals surface area contributed by atoms with Gasteiger partial charge in [-0.2, -0.15) is 4.31 Å². The highest BCUT2D eigenvalue weighted by molar-refractivity contribution is 8.01. The number of nitrogens with zero attached hydrogens (tertiary/aromatic N) is 3. The van der Waals surface area contributed by atoms with Gasteiger partial charge in [0.15, 0.2) is 4.34 Å². The zero-order valence-electron chi connectivity index (χ0n) is 17.6. The van der Waals surface area contributed by atoms with Crippen LogP contribution in [-0.2, 0) is 14.8 Å². The molecule has 1 aliphatic heterocycles. The molecule has 0 N–H and O–H groups in total. The van der Waals surface area contributed by atoms with E-state index < -0.39 is 16.2 Å². The van der Waals surface area contributed by atoms with Crippen LogP contribution >= 0.6 is 23.1 Å². The molecule has 2 heterocycles. The molecule has 9 heteroatoms. The number of hydrogen-bond donors (Lipinski definition) is 0. The topological polar surface area (TPSA) is 70.6 Å². The zero-order chi connectivity index (χ0) is 22.8. The van der Waals surface area contributed by atoms with E-state index in [0.29, 0.717) is 6.54 Å². The third-order valence-corrected chi connectivity index (χ3v) is 9.52. The second-order valence-corrected chi connectivity index (χ2v) is 11.7. The number of thiazole rings is 1. The van der Waals surface area contributed by atoms with E-state index in [1.807, 2.05) is 54.6 Å². The summed E-state index contributed by atoms with van der Waals surface area (Å²) in [5, 5.41) is 0. The number of aromatic nitrogens is 1. The van der Waals surface area contributed by atoms with Gasteiger partial charge >= 0.3 is 0 Å². The van der Waals surface area contributed by atoms with Crippen LogP contribution in [0.5, 0.6) is 0 Å². The van der Waals surface area contributed by atoms with Gasteiger partial charge in [-0.1, -0.05) is 72.4 Å². The lowest BCUT2D eigenvalue weighted by Gasteiger charge is -2.30. The molecular weight excluding hydrogens is 474 g/mol. The van der Waals surface area contributed by atoms with Gasteiger partial charge in [0.05, 0.1) is 20.9 Å². The van der Waals surface area contributed by atoms with Crippen LogP contribution in [0.1, 0.15) is 11.7 Å². The molecule has 168 valence electrons. The highest BCUT2D eigenvalue weighted by Crippen LogP contribution is 2.36. The summed E-state index contributed by atoms with van der Waals surface area (Å²) in [5.41, 5.74) is 1.69. The fraction of sp³-hybridized carbons (Fsp3) is 0.167. The van der Waals surface area contributed by atoms with Crippen LogP contribution in [0, 0.1) is 0 Å². The maximum absolute atomic E-state index is 13.4. The molecule has 3 aromatic carbocycles. The Labute approximate surface area is 200 Å². The van der Waals surface area contributed by atoms with Crippen molar-refractivity contribution in [2.75, 3.05) is 18.8 Å². The van der Waals surface area contributed by atoms with Crippen LogP contribution in [0.4, 0.5) is 0 Å². The Bertz CT molecular complexity index is 1340. The fourth-order valence-corrected chi connectivity index (χ4v) is 7.48. The van der Waals surface area contributed by atoms with Crippen molar-refractivity contribution in [2.45, 2.75) is 15.4 Å².